The second kappa shape index (κ2) is 9.85. The molecule has 3 N–H and O–H groups in total. The van der Waals surface area contributed by atoms with Crippen LogP contribution < -0.4 is 20.1 Å². The molecule has 2 saturated carbocycles. The van der Waals surface area contributed by atoms with Gasteiger partial charge in [-0.3, -0.25) is 14.4 Å². The number of carbonyl (C=O) groups is 3. The van der Waals surface area contributed by atoms with Crippen molar-refractivity contribution in [3.8, 4) is 11.5 Å². The van der Waals surface area contributed by atoms with Crippen molar-refractivity contribution in [1.29, 1.82) is 0 Å². The van der Waals surface area contributed by atoms with E-state index in [2.05, 4.69) is 10.6 Å². The highest BCUT2D eigenvalue weighted by molar-refractivity contribution is 7.17. The van der Waals surface area contributed by atoms with Crippen molar-refractivity contribution in [2.24, 2.45) is 23.7 Å². The molecule has 0 spiro atoms. The Morgan fingerprint density at radius 3 is 2.38 bits per heavy atom. The average Bonchev–Trinajstić information content (AvgIpc) is 3.62. The molecule has 0 saturated heterocycles. The third-order valence-electron chi connectivity index (χ3n) is 8.05. The monoisotopic (exact) mass is 524 g/mol. The number of hydrogen-bond acceptors (Lipinski definition) is 6. The van der Waals surface area contributed by atoms with Crippen molar-refractivity contribution in [2.45, 2.75) is 46.0 Å². The van der Waals surface area contributed by atoms with Crippen LogP contribution in [-0.2, 0) is 22.4 Å². The predicted molar refractivity (Wildman–Crippen MR) is 142 cm³/mol. The van der Waals surface area contributed by atoms with Crippen molar-refractivity contribution in [3.05, 3.63) is 45.3 Å². The minimum absolute atomic E-state index is 0.0683. The smallest absolute Gasteiger partial charge is 0.307 e. The first-order valence-corrected chi connectivity index (χ1v) is 13.5. The lowest BCUT2D eigenvalue weighted by Gasteiger charge is -2.26. The number of aliphatic carboxylic acids is 1. The third kappa shape index (κ3) is 4.29. The van der Waals surface area contributed by atoms with Crippen LogP contribution in [-0.4, -0.2) is 37.1 Å². The normalized spacial score (nSPS) is 23.5. The molecular weight excluding hydrogens is 492 g/mol. The Labute approximate surface area is 220 Å². The molecule has 0 radical (unpaired) electrons. The minimum Gasteiger partial charge on any atom is -0.497 e. The number of rotatable bonds is 7. The fraction of sp³-hybridized carbons (Fsp3) is 0.464. The van der Waals surface area contributed by atoms with E-state index >= 15 is 0 Å². The summed E-state index contributed by atoms with van der Waals surface area (Å²) in [5.74, 6) is -2.07. The number of thiophene rings is 1. The summed E-state index contributed by atoms with van der Waals surface area (Å²) in [4.78, 5) is 40.6. The summed E-state index contributed by atoms with van der Waals surface area (Å²) in [5.41, 5.74) is 4.11. The zero-order valence-electron chi connectivity index (χ0n) is 21.5. The standard InChI is InChI=1S/C28H32N2O6S/c1-13(2)21-16-9-10-17(21)23(28(33)34)22(16)25(31)30-27-24(15-6-5-7-20(15)37-27)26(32)29-18-12-14(35-3)8-11-19(18)36-4/h8,11-12,16-17,22-23H,5-7,9-10H2,1-4H3,(H,29,32)(H,30,31)(H,33,34)/t16-,17+,22+,23+/m1/s1. The number of ether oxygens (including phenoxy) is 2. The first-order chi connectivity index (χ1) is 17.7. The van der Waals surface area contributed by atoms with Crippen LogP contribution in [0, 0.1) is 23.7 Å². The molecule has 0 unspecified atom stereocenters. The number of methoxy groups -OCH3 is 2. The number of nitrogens with one attached hydrogen (secondary N) is 2. The molecule has 0 aliphatic heterocycles. The Morgan fingerprint density at radius 2 is 1.73 bits per heavy atom. The topological polar surface area (TPSA) is 114 Å². The van der Waals surface area contributed by atoms with Crippen molar-refractivity contribution >= 4 is 39.8 Å². The molecule has 2 fully saturated rings. The molecule has 3 aliphatic carbocycles. The molecule has 2 aromatic rings. The van der Waals surface area contributed by atoms with E-state index < -0.39 is 17.8 Å². The second-order valence-electron chi connectivity index (χ2n) is 10.2. The summed E-state index contributed by atoms with van der Waals surface area (Å²) in [6.45, 7) is 4.00. The van der Waals surface area contributed by atoms with Crippen LogP contribution in [0.4, 0.5) is 10.7 Å². The first-order valence-electron chi connectivity index (χ1n) is 12.6. The lowest BCUT2D eigenvalue weighted by atomic mass is 9.79. The van der Waals surface area contributed by atoms with Crippen LogP contribution in [0.3, 0.4) is 0 Å². The van der Waals surface area contributed by atoms with E-state index in [0.717, 1.165) is 53.7 Å². The predicted octanol–water partition coefficient (Wildman–Crippen LogP) is 5.14. The van der Waals surface area contributed by atoms with Crippen LogP contribution in [0.25, 0.3) is 0 Å². The molecule has 1 aromatic heterocycles. The summed E-state index contributed by atoms with van der Waals surface area (Å²) in [6.07, 6.45) is 4.18. The summed E-state index contributed by atoms with van der Waals surface area (Å²) < 4.78 is 10.7. The Bertz CT molecular complexity index is 1310. The third-order valence-corrected chi connectivity index (χ3v) is 9.25. The SMILES string of the molecule is COc1ccc(OC)c(NC(=O)c2c(NC(=O)[C@@H]3[C@@H](C(=O)O)[C@H]4CC[C@@H]3C4=C(C)C)sc3c2CCC3)c1. The van der Waals surface area contributed by atoms with Gasteiger partial charge in [-0.05, 0) is 75.5 Å². The van der Waals surface area contributed by atoms with E-state index in [1.54, 1.807) is 25.3 Å². The van der Waals surface area contributed by atoms with Crippen LogP contribution in [0.5, 0.6) is 11.5 Å². The van der Waals surface area contributed by atoms with E-state index in [1.165, 1.54) is 18.4 Å². The van der Waals surface area contributed by atoms with Gasteiger partial charge in [0.1, 0.15) is 16.5 Å². The van der Waals surface area contributed by atoms with E-state index in [9.17, 15) is 19.5 Å². The number of benzene rings is 1. The maximum absolute atomic E-state index is 13.7. The summed E-state index contributed by atoms with van der Waals surface area (Å²) in [7, 11) is 3.08. The molecule has 37 heavy (non-hydrogen) atoms. The highest BCUT2D eigenvalue weighted by Crippen LogP contribution is 2.57. The van der Waals surface area contributed by atoms with Gasteiger partial charge in [-0.2, -0.15) is 0 Å². The van der Waals surface area contributed by atoms with Gasteiger partial charge in [-0.15, -0.1) is 11.3 Å². The molecule has 4 atom stereocenters. The Kier molecular flexibility index (Phi) is 6.74. The van der Waals surface area contributed by atoms with Crippen LogP contribution in [0.15, 0.2) is 29.3 Å². The van der Waals surface area contributed by atoms with Crippen molar-refractivity contribution in [2.75, 3.05) is 24.9 Å². The number of carbonyl (C=O) groups excluding carboxylic acids is 2. The molecule has 196 valence electrons. The van der Waals surface area contributed by atoms with Gasteiger partial charge in [0.15, 0.2) is 0 Å². The number of hydrogen-bond donors (Lipinski definition) is 3. The molecular formula is C28H32N2O6S. The molecule has 5 rings (SSSR count). The van der Waals surface area contributed by atoms with Gasteiger partial charge in [0, 0.05) is 10.9 Å². The quantitative estimate of drug-likeness (QED) is 0.432. The highest BCUT2D eigenvalue weighted by atomic mass is 32.1. The Hall–Kier alpha value is -3.33. The lowest BCUT2D eigenvalue weighted by molar-refractivity contribution is -0.148. The molecule has 2 amide bonds. The van der Waals surface area contributed by atoms with E-state index in [4.69, 9.17) is 9.47 Å². The van der Waals surface area contributed by atoms with Gasteiger partial charge >= 0.3 is 5.97 Å². The Morgan fingerprint density at radius 1 is 1.00 bits per heavy atom. The fourth-order valence-corrected chi connectivity index (χ4v) is 7.92. The number of carboxylic acid groups (broad SMARTS) is 1. The van der Waals surface area contributed by atoms with Gasteiger partial charge in [0.05, 0.1) is 37.3 Å². The number of allylic oxidation sites excluding steroid dienone is 2. The average molecular weight is 525 g/mol. The maximum atomic E-state index is 13.7. The van der Waals surface area contributed by atoms with Crippen molar-refractivity contribution < 1.29 is 29.0 Å². The molecule has 9 heteroatoms. The number of carboxylic acids is 1. The Balaban J connectivity index is 1.46. The molecule has 2 bridgehead atoms. The molecule has 1 aromatic carbocycles. The second-order valence-corrected chi connectivity index (χ2v) is 11.3. The zero-order valence-corrected chi connectivity index (χ0v) is 22.3. The van der Waals surface area contributed by atoms with Gasteiger partial charge in [-0.25, -0.2) is 0 Å². The summed E-state index contributed by atoms with van der Waals surface area (Å²) >= 11 is 1.42. The minimum atomic E-state index is -0.928. The lowest BCUT2D eigenvalue weighted by Crippen LogP contribution is -2.38. The van der Waals surface area contributed by atoms with Crippen LogP contribution in [0.1, 0.15) is 53.9 Å². The van der Waals surface area contributed by atoms with Crippen molar-refractivity contribution in [1.82, 2.24) is 0 Å². The highest BCUT2D eigenvalue weighted by Gasteiger charge is 2.57. The molecule has 8 nitrogen and oxygen atoms in total. The van der Waals surface area contributed by atoms with Crippen molar-refractivity contribution in [3.63, 3.8) is 0 Å². The van der Waals surface area contributed by atoms with E-state index in [1.807, 2.05) is 13.8 Å². The van der Waals surface area contributed by atoms with Gasteiger partial charge < -0.3 is 25.2 Å². The fourth-order valence-electron chi connectivity index (χ4n) is 6.63. The number of fused-ring (bicyclic) bond motifs is 3. The zero-order chi connectivity index (χ0) is 26.4. The van der Waals surface area contributed by atoms with E-state index in [-0.39, 0.29) is 23.7 Å². The molecule has 3 aliphatic rings. The van der Waals surface area contributed by atoms with Crippen LogP contribution >= 0.6 is 11.3 Å². The largest absolute Gasteiger partial charge is 0.497 e. The van der Waals surface area contributed by atoms with Crippen LogP contribution in [0.2, 0.25) is 0 Å². The summed E-state index contributed by atoms with van der Waals surface area (Å²) in [6, 6.07) is 5.16. The van der Waals surface area contributed by atoms with E-state index in [0.29, 0.717) is 27.8 Å². The maximum Gasteiger partial charge on any atom is 0.307 e. The van der Waals surface area contributed by atoms with Gasteiger partial charge in [0.2, 0.25) is 5.91 Å². The number of anilines is 2. The number of aryl methyl sites for hydroxylation is 1. The summed E-state index contributed by atoms with van der Waals surface area (Å²) in [5, 5.41) is 16.5. The molecule has 1 heterocycles. The first kappa shape index (κ1) is 25.3. The van der Waals surface area contributed by atoms with Gasteiger partial charge in [0.25, 0.3) is 5.91 Å². The van der Waals surface area contributed by atoms with Gasteiger partial charge in [-0.1, -0.05) is 11.1 Å². The number of amides is 2.